The van der Waals surface area contributed by atoms with E-state index >= 15 is 0 Å². The number of sulfonamides is 1. The number of ether oxygens (including phenoxy) is 3. The predicted molar refractivity (Wildman–Crippen MR) is 127 cm³/mol. The van der Waals surface area contributed by atoms with Crippen LogP contribution in [0, 0.1) is 0 Å². The number of amides is 2. The maximum Gasteiger partial charge on any atom is 0.515 e. The van der Waals surface area contributed by atoms with Crippen LogP contribution in [0.3, 0.4) is 0 Å². The molecule has 1 heterocycles. The van der Waals surface area contributed by atoms with Crippen LogP contribution in [0.2, 0.25) is 0 Å². The number of para-hydroxylation sites is 1. The Bertz CT molecular complexity index is 1300. The monoisotopic (exact) mass is 513 g/mol. The van der Waals surface area contributed by atoms with Crippen molar-refractivity contribution in [1.29, 1.82) is 0 Å². The third kappa shape index (κ3) is 7.53. The van der Waals surface area contributed by atoms with Gasteiger partial charge in [-0.05, 0) is 49.4 Å². The zero-order valence-electron chi connectivity index (χ0n) is 19.2. The Morgan fingerprint density at radius 2 is 1.58 bits per heavy atom. The van der Waals surface area contributed by atoms with Gasteiger partial charge in [0.2, 0.25) is 5.88 Å². The molecule has 0 fully saturated rings. The molecule has 36 heavy (non-hydrogen) atoms. The molecule has 0 spiro atoms. The van der Waals surface area contributed by atoms with Crippen molar-refractivity contribution in [3.8, 4) is 11.6 Å². The fraction of sp³-hybridized carbons (Fsp3) is 0.167. The predicted octanol–water partition coefficient (Wildman–Crippen LogP) is 2.54. The summed E-state index contributed by atoms with van der Waals surface area (Å²) in [6, 6.07) is 16.7. The summed E-state index contributed by atoms with van der Waals surface area (Å²) in [4.78, 5) is 39.5. The van der Waals surface area contributed by atoms with Crippen LogP contribution < -0.4 is 19.5 Å². The second kappa shape index (κ2) is 12.3. The topological polar surface area (TPSA) is 150 Å². The molecule has 2 aromatic carbocycles. The van der Waals surface area contributed by atoms with E-state index < -0.39 is 28.0 Å². The van der Waals surface area contributed by atoms with E-state index in [0.29, 0.717) is 5.75 Å². The van der Waals surface area contributed by atoms with Gasteiger partial charge in [-0.2, -0.15) is 0 Å². The highest BCUT2D eigenvalue weighted by molar-refractivity contribution is 7.90. The van der Waals surface area contributed by atoms with E-state index in [2.05, 4.69) is 15.0 Å². The Balaban J connectivity index is 1.53. The highest BCUT2D eigenvalue weighted by atomic mass is 32.2. The van der Waals surface area contributed by atoms with Crippen LogP contribution in [-0.2, 0) is 14.8 Å². The lowest BCUT2D eigenvalue weighted by atomic mass is 10.2. The highest BCUT2D eigenvalue weighted by Crippen LogP contribution is 2.13. The minimum absolute atomic E-state index is 0.0801. The second-order valence-corrected chi connectivity index (χ2v) is 8.73. The van der Waals surface area contributed by atoms with E-state index in [1.807, 2.05) is 22.9 Å². The number of benzene rings is 2. The van der Waals surface area contributed by atoms with Crippen LogP contribution in [0.15, 0.2) is 77.8 Å². The summed E-state index contributed by atoms with van der Waals surface area (Å²) in [7, 11) is -4.22. The Kier molecular flexibility index (Phi) is 8.95. The van der Waals surface area contributed by atoms with E-state index in [0.717, 1.165) is 6.20 Å². The van der Waals surface area contributed by atoms with Gasteiger partial charge in [-0.25, -0.2) is 22.9 Å². The first-order chi connectivity index (χ1) is 17.3. The van der Waals surface area contributed by atoms with Crippen LogP contribution in [0.1, 0.15) is 27.6 Å². The molecule has 0 bridgehead atoms. The fourth-order valence-corrected chi connectivity index (χ4v) is 3.76. The number of hydrogen-bond acceptors (Lipinski definition) is 9. The molecule has 0 aliphatic carbocycles. The van der Waals surface area contributed by atoms with Gasteiger partial charge >= 0.3 is 6.16 Å². The maximum atomic E-state index is 12.6. The first-order valence-corrected chi connectivity index (χ1v) is 12.2. The van der Waals surface area contributed by atoms with Crippen LogP contribution in [0.5, 0.6) is 11.6 Å². The molecule has 1 aromatic heterocycles. The lowest BCUT2D eigenvalue weighted by Crippen LogP contribution is -2.31. The largest absolute Gasteiger partial charge is 0.515 e. The number of carbonyl (C=O) groups is 3. The van der Waals surface area contributed by atoms with Crippen molar-refractivity contribution < 1.29 is 37.0 Å². The number of aromatic nitrogens is 1. The van der Waals surface area contributed by atoms with Crippen LogP contribution in [0.25, 0.3) is 0 Å². The van der Waals surface area contributed by atoms with Crippen molar-refractivity contribution in [2.24, 2.45) is 0 Å². The smallest absolute Gasteiger partial charge is 0.492 e. The molecule has 0 atom stereocenters. The second-order valence-electron chi connectivity index (χ2n) is 7.05. The molecule has 2 N–H and O–H groups in total. The van der Waals surface area contributed by atoms with E-state index in [1.54, 1.807) is 19.1 Å². The van der Waals surface area contributed by atoms with Crippen LogP contribution in [-0.4, -0.2) is 51.1 Å². The first kappa shape index (κ1) is 26.2. The summed E-state index contributed by atoms with van der Waals surface area (Å²) in [6.45, 7) is 2.24. The van der Waals surface area contributed by atoms with Gasteiger partial charge in [-0.1, -0.05) is 18.2 Å². The number of pyridine rings is 1. The maximum absolute atomic E-state index is 12.6. The number of carbonyl (C=O) groups excluding carboxylic acids is 3. The fourth-order valence-electron chi connectivity index (χ4n) is 2.79. The highest BCUT2D eigenvalue weighted by Gasteiger charge is 2.20. The molecule has 12 heteroatoms. The van der Waals surface area contributed by atoms with Gasteiger partial charge in [-0.3, -0.25) is 9.59 Å². The summed E-state index contributed by atoms with van der Waals surface area (Å²) >= 11 is 0. The molecule has 0 aliphatic heterocycles. The SMILES string of the molecule is CCOC(=O)Oc1ccc(C(=O)NS(=O)(=O)c2ccc(C(=O)NCCOc3ccccc3)cc2)cn1. The summed E-state index contributed by atoms with van der Waals surface area (Å²) in [6.07, 6.45) is 0.0939. The van der Waals surface area contributed by atoms with Gasteiger partial charge in [0.1, 0.15) is 12.4 Å². The van der Waals surface area contributed by atoms with Crippen LogP contribution >= 0.6 is 0 Å². The molecule has 3 aromatic rings. The summed E-state index contributed by atoms with van der Waals surface area (Å²) in [5, 5.41) is 2.68. The first-order valence-electron chi connectivity index (χ1n) is 10.7. The number of nitrogens with one attached hydrogen (secondary N) is 2. The molecular weight excluding hydrogens is 490 g/mol. The molecule has 188 valence electrons. The van der Waals surface area contributed by atoms with E-state index in [-0.39, 0.29) is 41.7 Å². The molecule has 2 amide bonds. The van der Waals surface area contributed by atoms with Crippen molar-refractivity contribution >= 4 is 28.0 Å². The van der Waals surface area contributed by atoms with Crippen molar-refractivity contribution in [2.75, 3.05) is 19.8 Å². The Morgan fingerprint density at radius 3 is 2.22 bits per heavy atom. The zero-order chi connectivity index (χ0) is 26.0. The molecule has 11 nitrogen and oxygen atoms in total. The molecule has 0 radical (unpaired) electrons. The van der Waals surface area contributed by atoms with E-state index in [1.165, 1.54) is 36.4 Å². The third-order valence-electron chi connectivity index (χ3n) is 4.50. The minimum Gasteiger partial charge on any atom is -0.492 e. The van der Waals surface area contributed by atoms with Crippen molar-refractivity contribution in [3.05, 3.63) is 84.1 Å². The average Bonchev–Trinajstić information content (AvgIpc) is 2.87. The minimum atomic E-state index is -4.22. The number of hydrogen-bond donors (Lipinski definition) is 2. The Hall–Kier alpha value is -4.45. The molecule has 3 rings (SSSR count). The Morgan fingerprint density at radius 1 is 0.889 bits per heavy atom. The lowest BCUT2D eigenvalue weighted by Gasteiger charge is -2.09. The summed E-state index contributed by atoms with van der Waals surface area (Å²) in [5.74, 6) is -0.783. The Labute approximate surface area is 207 Å². The van der Waals surface area contributed by atoms with Gasteiger partial charge in [0.05, 0.1) is 23.6 Å². The zero-order valence-corrected chi connectivity index (χ0v) is 20.0. The average molecular weight is 514 g/mol. The molecule has 0 saturated heterocycles. The number of rotatable bonds is 10. The molecule has 0 aliphatic rings. The standard InChI is InChI=1S/C24H23N3O8S/c1-2-33-24(30)35-21-13-10-18(16-26-21)23(29)27-36(31,32)20-11-8-17(9-12-20)22(28)25-14-15-34-19-6-4-3-5-7-19/h3-13,16H,2,14-15H2,1H3,(H,25,28)(H,27,29). The summed E-state index contributed by atoms with van der Waals surface area (Å²) < 4.78 is 42.0. The van der Waals surface area contributed by atoms with E-state index in [9.17, 15) is 22.8 Å². The van der Waals surface area contributed by atoms with Crippen molar-refractivity contribution in [3.63, 3.8) is 0 Å². The lowest BCUT2D eigenvalue weighted by molar-refractivity contribution is 0.0943. The molecule has 0 saturated carbocycles. The van der Waals surface area contributed by atoms with Gasteiger partial charge in [-0.15, -0.1) is 0 Å². The summed E-state index contributed by atoms with van der Waals surface area (Å²) in [5.41, 5.74) is 0.157. The van der Waals surface area contributed by atoms with Crippen LogP contribution in [0.4, 0.5) is 4.79 Å². The van der Waals surface area contributed by atoms with Gasteiger partial charge in [0.15, 0.2) is 0 Å². The molecule has 0 unspecified atom stereocenters. The van der Waals surface area contributed by atoms with Gasteiger partial charge in [0.25, 0.3) is 21.8 Å². The number of nitrogens with zero attached hydrogens (tertiary/aromatic N) is 1. The van der Waals surface area contributed by atoms with E-state index in [4.69, 9.17) is 9.47 Å². The molecular formula is C24H23N3O8S. The van der Waals surface area contributed by atoms with Crippen molar-refractivity contribution in [1.82, 2.24) is 15.0 Å². The van der Waals surface area contributed by atoms with Gasteiger partial charge < -0.3 is 19.5 Å². The quantitative estimate of drug-likeness (QED) is 0.308. The third-order valence-corrected chi connectivity index (χ3v) is 5.85. The van der Waals surface area contributed by atoms with Gasteiger partial charge in [0, 0.05) is 17.8 Å². The normalized spacial score (nSPS) is 10.7. The van der Waals surface area contributed by atoms with Crippen molar-refractivity contribution in [2.45, 2.75) is 11.8 Å².